The molecule has 0 aliphatic rings. The van der Waals surface area contributed by atoms with E-state index < -0.39 is 0 Å². The second-order valence-electron chi connectivity index (χ2n) is 5.33. The smallest absolute Gasteiger partial charge is 0.119 e. The molecule has 0 unspecified atom stereocenters. The molecule has 0 saturated heterocycles. The molecule has 0 spiro atoms. The molecular formula is C17H21NO. The standard InChI is InChI=1S/C17H21NO/c1-17(2,14-7-5-4-6-8-14)13-18-15-9-11-16(19-3)12-10-15/h4-12,18H,13H2,1-3H3. The Hall–Kier alpha value is -1.96. The molecule has 1 N–H and O–H groups in total. The fourth-order valence-electron chi connectivity index (χ4n) is 2.02. The Morgan fingerprint density at radius 3 is 2.16 bits per heavy atom. The van der Waals surface area contributed by atoms with Crippen LogP contribution in [0.15, 0.2) is 54.6 Å². The quantitative estimate of drug-likeness (QED) is 0.869. The van der Waals surface area contributed by atoms with E-state index in [9.17, 15) is 0 Å². The number of hydrogen-bond donors (Lipinski definition) is 1. The summed E-state index contributed by atoms with van der Waals surface area (Å²) in [6.07, 6.45) is 0. The van der Waals surface area contributed by atoms with Crippen molar-refractivity contribution in [1.82, 2.24) is 0 Å². The summed E-state index contributed by atoms with van der Waals surface area (Å²) in [6, 6.07) is 18.6. The molecule has 2 heteroatoms. The van der Waals surface area contributed by atoms with Crippen molar-refractivity contribution in [3.8, 4) is 5.75 Å². The van der Waals surface area contributed by atoms with Gasteiger partial charge in [0.15, 0.2) is 0 Å². The Balaban J connectivity index is 2.01. The average molecular weight is 255 g/mol. The van der Waals surface area contributed by atoms with E-state index >= 15 is 0 Å². The first-order chi connectivity index (χ1) is 9.12. The van der Waals surface area contributed by atoms with Crippen molar-refractivity contribution >= 4 is 5.69 Å². The van der Waals surface area contributed by atoms with Crippen molar-refractivity contribution < 1.29 is 4.74 Å². The maximum atomic E-state index is 5.16. The van der Waals surface area contributed by atoms with Gasteiger partial charge in [0.2, 0.25) is 0 Å². The molecule has 2 aromatic carbocycles. The third kappa shape index (κ3) is 3.50. The molecule has 0 saturated carbocycles. The second-order valence-corrected chi connectivity index (χ2v) is 5.33. The van der Waals surface area contributed by atoms with E-state index in [-0.39, 0.29) is 5.41 Å². The fourth-order valence-corrected chi connectivity index (χ4v) is 2.02. The summed E-state index contributed by atoms with van der Waals surface area (Å²) >= 11 is 0. The Kier molecular flexibility index (Phi) is 4.10. The summed E-state index contributed by atoms with van der Waals surface area (Å²) in [5.41, 5.74) is 2.56. The largest absolute Gasteiger partial charge is 0.497 e. The predicted molar refractivity (Wildman–Crippen MR) is 81.0 cm³/mol. The lowest BCUT2D eigenvalue weighted by molar-refractivity contribution is 0.415. The molecule has 0 radical (unpaired) electrons. The van der Waals surface area contributed by atoms with Crippen LogP contribution in [0.1, 0.15) is 19.4 Å². The third-order valence-electron chi connectivity index (χ3n) is 3.38. The first kappa shape index (κ1) is 13.5. The van der Waals surface area contributed by atoms with Crippen LogP contribution in [0.3, 0.4) is 0 Å². The topological polar surface area (TPSA) is 21.3 Å². The summed E-state index contributed by atoms with van der Waals surface area (Å²) in [6.45, 7) is 5.39. The zero-order valence-electron chi connectivity index (χ0n) is 11.8. The average Bonchev–Trinajstić information content (AvgIpc) is 2.47. The molecule has 2 nitrogen and oxygen atoms in total. The van der Waals surface area contributed by atoms with E-state index in [0.717, 1.165) is 18.0 Å². The van der Waals surface area contributed by atoms with Crippen LogP contribution >= 0.6 is 0 Å². The van der Waals surface area contributed by atoms with Crippen molar-refractivity contribution in [2.75, 3.05) is 19.0 Å². The third-order valence-corrected chi connectivity index (χ3v) is 3.38. The van der Waals surface area contributed by atoms with Crippen molar-refractivity contribution in [3.63, 3.8) is 0 Å². The summed E-state index contributed by atoms with van der Waals surface area (Å²) in [5, 5.41) is 3.48. The highest BCUT2D eigenvalue weighted by Crippen LogP contribution is 2.24. The summed E-state index contributed by atoms with van der Waals surface area (Å²) in [5.74, 6) is 0.882. The number of ether oxygens (including phenoxy) is 1. The molecule has 0 fully saturated rings. The highest BCUT2D eigenvalue weighted by molar-refractivity contribution is 5.47. The minimum absolute atomic E-state index is 0.0984. The monoisotopic (exact) mass is 255 g/mol. The fraction of sp³-hybridized carbons (Fsp3) is 0.294. The minimum atomic E-state index is 0.0984. The summed E-state index contributed by atoms with van der Waals surface area (Å²) in [4.78, 5) is 0. The normalized spacial score (nSPS) is 11.1. The Morgan fingerprint density at radius 1 is 0.947 bits per heavy atom. The van der Waals surface area contributed by atoms with Crippen LogP contribution in [0.5, 0.6) is 5.75 Å². The van der Waals surface area contributed by atoms with Gasteiger partial charge in [-0.1, -0.05) is 44.2 Å². The van der Waals surface area contributed by atoms with Crippen LogP contribution in [-0.2, 0) is 5.41 Å². The number of methoxy groups -OCH3 is 1. The molecule has 0 aliphatic heterocycles. The molecule has 2 aromatic rings. The van der Waals surface area contributed by atoms with Crippen LogP contribution in [0.2, 0.25) is 0 Å². The first-order valence-corrected chi connectivity index (χ1v) is 6.55. The van der Waals surface area contributed by atoms with Crippen LogP contribution in [0.4, 0.5) is 5.69 Å². The Morgan fingerprint density at radius 2 is 1.58 bits per heavy atom. The molecule has 19 heavy (non-hydrogen) atoms. The van der Waals surface area contributed by atoms with E-state index in [1.807, 2.05) is 24.3 Å². The van der Waals surface area contributed by atoms with E-state index in [1.54, 1.807) is 7.11 Å². The van der Waals surface area contributed by atoms with E-state index in [2.05, 4.69) is 49.5 Å². The van der Waals surface area contributed by atoms with Gasteiger partial charge in [0.25, 0.3) is 0 Å². The number of benzene rings is 2. The molecule has 2 rings (SSSR count). The van der Waals surface area contributed by atoms with Crippen molar-refractivity contribution in [2.24, 2.45) is 0 Å². The highest BCUT2D eigenvalue weighted by atomic mass is 16.5. The number of rotatable bonds is 5. The number of hydrogen-bond acceptors (Lipinski definition) is 2. The molecule has 0 aliphatic carbocycles. The lowest BCUT2D eigenvalue weighted by Crippen LogP contribution is -2.27. The zero-order valence-corrected chi connectivity index (χ0v) is 11.8. The van der Waals surface area contributed by atoms with Gasteiger partial charge < -0.3 is 10.1 Å². The van der Waals surface area contributed by atoms with Gasteiger partial charge in [-0.05, 0) is 29.8 Å². The molecule has 0 amide bonds. The van der Waals surface area contributed by atoms with E-state index in [1.165, 1.54) is 5.56 Å². The van der Waals surface area contributed by atoms with Gasteiger partial charge >= 0.3 is 0 Å². The van der Waals surface area contributed by atoms with E-state index in [0.29, 0.717) is 0 Å². The van der Waals surface area contributed by atoms with Crippen LogP contribution in [0.25, 0.3) is 0 Å². The zero-order chi connectivity index (χ0) is 13.7. The van der Waals surface area contributed by atoms with Crippen molar-refractivity contribution in [1.29, 1.82) is 0 Å². The van der Waals surface area contributed by atoms with Gasteiger partial charge in [-0.2, -0.15) is 0 Å². The van der Waals surface area contributed by atoms with Gasteiger partial charge in [0, 0.05) is 17.6 Å². The van der Waals surface area contributed by atoms with Gasteiger partial charge in [-0.15, -0.1) is 0 Å². The van der Waals surface area contributed by atoms with Gasteiger partial charge in [-0.3, -0.25) is 0 Å². The molecular weight excluding hydrogens is 234 g/mol. The molecule has 0 atom stereocenters. The van der Waals surface area contributed by atoms with Crippen LogP contribution < -0.4 is 10.1 Å². The van der Waals surface area contributed by atoms with Crippen molar-refractivity contribution in [3.05, 3.63) is 60.2 Å². The lowest BCUT2D eigenvalue weighted by atomic mass is 9.84. The Bertz CT molecular complexity index is 503. The number of nitrogens with one attached hydrogen (secondary N) is 1. The predicted octanol–water partition coefficient (Wildman–Crippen LogP) is 4.08. The van der Waals surface area contributed by atoms with Crippen LogP contribution in [0, 0.1) is 0 Å². The first-order valence-electron chi connectivity index (χ1n) is 6.55. The van der Waals surface area contributed by atoms with Gasteiger partial charge in [0.1, 0.15) is 5.75 Å². The lowest BCUT2D eigenvalue weighted by Gasteiger charge is -2.26. The molecule has 0 aromatic heterocycles. The maximum Gasteiger partial charge on any atom is 0.119 e. The summed E-state index contributed by atoms with van der Waals surface area (Å²) in [7, 11) is 1.68. The molecule has 100 valence electrons. The minimum Gasteiger partial charge on any atom is -0.497 e. The van der Waals surface area contributed by atoms with Gasteiger partial charge in [0.05, 0.1) is 7.11 Å². The molecule has 0 bridgehead atoms. The van der Waals surface area contributed by atoms with Crippen molar-refractivity contribution in [2.45, 2.75) is 19.3 Å². The van der Waals surface area contributed by atoms with Crippen LogP contribution in [-0.4, -0.2) is 13.7 Å². The van der Waals surface area contributed by atoms with E-state index in [4.69, 9.17) is 4.74 Å². The van der Waals surface area contributed by atoms with Gasteiger partial charge in [-0.25, -0.2) is 0 Å². The molecule has 0 heterocycles. The summed E-state index contributed by atoms with van der Waals surface area (Å²) < 4.78 is 5.16. The SMILES string of the molecule is COc1ccc(NCC(C)(C)c2ccccc2)cc1. The second kappa shape index (κ2) is 5.79. The Labute approximate surface area is 115 Å². The highest BCUT2D eigenvalue weighted by Gasteiger charge is 2.19. The number of anilines is 1. The maximum absolute atomic E-state index is 5.16.